The Balaban J connectivity index is 0.000000504. The molecule has 0 spiro atoms. The van der Waals surface area contributed by atoms with Crippen LogP contribution >= 0.6 is 0 Å². The molecule has 3 nitrogen and oxygen atoms in total. The number of hydrogen-bond donors (Lipinski definition) is 2. The van der Waals surface area contributed by atoms with Crippen LogP contribution in [0.5, 0.6) is 0 Å². The quantitative estimate of drug-likeness (QED) is 0.691. The number of aliphatic hydroxyl groups excluding tert-OH is 1. The third-order valence-corrected chi connectivity index (χ3v) is 5.00. The molecule has 0 saturated heterocycles. The van der Waals surface area contributed by atoms with Crippen LogP contribution in [0.3, 0.4) is 0 Å². The molecule has 2 aromatic rings. The number of aliphatic hydroxyl groups is 1. The first-order valence-electron chi connectivity index (χ1n) is 9.45. The van der Waals surface area contributed by atoms with E-state index in [1.165, 1.54) is 16.7 Å². The van der Waals surface area contributed by atoms with Gasteiger partial charge in [0.05, 0.1) is 6.42 Å². The van der Waals surface area contributed by atoms with Gasteiger partial charge in [-0.15, -0.1) is 0 Å². The number of carboxylic acid groups (broad SMARTS) is 1. The predicted octanol–water partition coefficient (Wildman–Crippen LogP) is 5.02. The molecule has 2 aromatic carbocycles. The normalized spacial score (nSPS) is 11.1. The van der Waals surface area contributed by atoms with Crippen LogP contribution in [-0.4, -0.2) is 31.2 Å². The van der Waals surface area contributed by atoms with E-state index in [1.54, 1.807) is 0 Å². The molecular weight excluding hydrogens is 347 g/mol. The van der Waals surface area contributed by atoms with Gasteiger partial charge in [0.15, 0.2) is 0 Å². The fourth-order valence-electron chi connectivity index (χ4n) is 2.91. The second kappa shape index (κ2) is 11.1. The number of rotatable bonds is 6. The maximum atomic E-state index is 10.7. The number of aryl methyl sites for hydroxylation is 2. The summed E-state index contributed by atoms with van der Waals surface area (Å²) in [5, 5.41) is 17.7. The minimum Gasteiger partial charge on any atom is -0.481 e. The number of hydrogen-bond acceptors (Lipinski definition) is 2. The second-order valence-corrected chi connectivity index (χ2v) is 8.54. The van der Waals surface area contributed by atoms with E-state index in [1.807, 2.05) is 45.0 Å². The Morgan fingerprint density at radius 2 is 1.14 bits per heavy atom. The first-order chi connectivity index (χ1) is 12.5. The van der Waals surface area contributed by atoms with Crippen molar-refractivity contribution in [1.82, 2.24) is 0 Å². The average molecular weight is 381 g/mol. The van der Waals surface area contributed by atoms with Gasteiger partial charge in [-0.1, -0.05) is 87.4 Å². The maximum absolute atomic E-state index is 10.7. The van der Waals surface area contributed by atoms with E-state index in [2.05, 4.69) is 45.0 Å². The van der Waals surface area contributed by atoms with Gasteiger partial charge in [-0.3, -0.25) is 4.79 Å². The van der Waals surface area contributed by atoms with Crippen LogP contribution in [-0.2, 0) is 15.6 Å². The monoisotopic (exact) mass is 381 g/mol. The average Bonchev–Trinajstić information content (AvgIpc) is 2.55. The summed E-state index contributed by atoms with van der Waals surface area (Å²) in [7, 11) is 0. The summed E-state index contributed by atoms with van der Waals surface area (Å²) in [6.07, 6.45) is 0.978. The van der Waals surface area contributed by atoms with E-state index in [9.17, 15) is 4.79 Å². The summed E-state index contributed by atoms with van der Waals surface area (Å²) < 4.78 is 0. The molecular formula is C24H34BO3. The summed E-state index contributed by atoms with van der Waals surface area (Å²) in [5.41, 5.74) is 4.64. The molecule has 3 radical (unpaired) electrons. The lowest BCUT2D eigenvalue weighted by molar-refractivity contribution is -0.138. The van der Waals surface area contributed by atoms with Crippen LogP contribution < -0.4 is 0 Å². The summed E-state index contributed by atoms with van der Waals surface area (Å²) in [6, 6.07) is 16.5. The van der Waals surface area contributed by atoms with E-state index < -0.39 is 5.97 Å². The Morgan fingerprint density at radius 1 is 0.786 bits per heavy atom. The fraction of sp³-hybridized carbons (Fsp3) is 0.458. The van der Waals surface area contributed by atoms with Crippen LogP contribution in [0.25, 0.3) is 0 Å². The zero-order chi connectivity index (χ0) is 20.7. The summed E-state index contributed by atoms with van der Waals surface area (Å²) in [5.74, 6) is -0.754. The summed E-state index contributed by atoms with van der Waals surface area (Å²) in [6.45, 7) is 12.6. The molecule has 0 heterocycles. The first-order valence-corrected chi connectivity index (χ1v) is 9.45. The zero-order valence-corrected chi connectivity index (χ0v) is 18.1. The highest BCUT2D eigenvalue weighted by Gasteiger charge is 2.23. The second-order valence-electron chi connectivity index (χ2n) is 8.54. The van der Waals surface area contributed by atoms with Gasteiger partial charge in [0.25, 0.3) is 0 Å². The van der Waals surface area contributed by atoms with Gasteiger partial charge in [0.2, 0.25) is 0 Å². The van der Waals surface area contributed by atoms with E-state index in [0.29, 0.717) is 0 Å². The van der Waals surface area contributed by atoms with Crippen molar-refractivity contribution in [3.63, 3.8) is 0 Å². The highest BCUT2D eigenvalue weighted by atomic mass is 16.4. The molecule has 151 valence electrons. The van der Waals surface area contributed by atoms with E-state index >= 15 is 0 Å². The Morgan fingerprint density at radius 3 is 1.46 bits per heavy atom. The highest BCUT2D eigenvalue weighted by Crippen LogP contribution is 2.27. The molecule has 4 heteroatoms. The SMILES string of the molecule is Cc1ccc(C(C)(C)CC(=O)O)cc1.Cc1ccc(C(C)(C)CCO)cc1.[B]. The molecule has 2 rings (SSSR count). The largest absolute Gasteiger partial charge is 0.481 e. The molecule has 0 aliphatic heterocycles. The van der Waals surface area contributed by atoms with Gasteiger partial charge >= 0.3 is 5.97 Å². The topological polar surface area (TPSA) is 57.5 Å². The molecule has 0 aromatic heterocycles. The summed E-state index contributed by atoms with van der Waals surface area (Å²) in [4.78, 5) is 10.7. The Hall–Kier alpha value is -2.07. The zero-order valence-electron chi connectivity index (χ0n) is 18.1. The van der Waals surface area contributed by atoms with E-state index in [0.717, 1.165) is 12.0 Å². The van der Waals surface area contributed by atoms with Crippen LogP contribution in [0.4, 0.5) is 0 Å². The van der Waals surface area contributed by atoms with Crippen LogP contribution in [0.2, 0.25) is 0 Å². The lowest BCUT2D eigenvalue weighted by Crippen LogP contribution is -2.21. The van der Waals surface area contributed by atoms with Crippen molar-refractivity contribution < 1.29 is 15.0 Å². The molecule has 2 N–H and O–H groups in total. The number of carboxylic acids is 1. The third-order valence-electron chi connectivity index (χ3n) is 5.00. The van der Waals surface area contributed by atoms with Gasteiger partial charge in [-0.2, -0.15) is 0 Å². The van der Waals surface area contributed by atoms with Crippen molar-refractivity contribution in [2.24, 2.45) is 0 Å². The number of aliphatic carboxylic acids is 1. The molecule has 0 amide bonds. The Bertz CT molecular complexity index is 717. The standard InChI is InChI=1S/C12H16O2.C12H18O.B/c1-9-4-6-10(7-5-9)12(2,3)8-11(13)14;1-10-4-6-11(7-5-10)12(2,3)8-9-13;/h4-7H,8H2,1-3H3,(H,13,14);4-7,13H,8-9H2,1-3H3;. The number of benzene rings is 2. The van der Waals surface area contributed by atoms with Crippen molar-refractivity contribution >= 4 is 14.4 Å². The third kappa shape index (κ3) is 8.31. The smallest absolute Gasteiger partial charge is 0.304 e. The molecule has 28 heavy (non-hydrogen) atoms. The van der Waals surface area contributed by atoms with Crippen LogP contribution in [0.1, 0.15) is 62.8 Å². The molecule has 0 fully saturated rings. The molecule has 0 bridgehead atoms. The van der Waals surface area contributed by atoms with Crippen molar-refractivity contribution in [2.75, 3.05) is 6.61 Å². The van der Waals surface area contributed by atoms with Gasteiger partial charge < -0.3 is 10.2 Å². The van der Waals surface area contributed by atoms with Gasteiger partial charge in [-0.25, -0.2) is 0 Å². The molecule has 0 saturated carbocycles. The predicted molar refractivity (Wildman–Crippen MR) is 118 cm³/mol. The first kappa shape index (κ1) is 25.9. The molecule has 0 aliphatic rings. The summed E-state index contributed by atoms with van der Waals surface area (Å²) >= 11 is 0. The lowest BCUT2D eigenvalue weighted by atomic mass is 9.81. The van der Waals surface area contributed by atoms with Crippen LogP contribution in [0, 0.1) is 13.8 Å². The highest BCUT2D eigenvalue weighted by molar-refractivity contribution is 5.75. The molecule has 0 aliphatic carbocycles. The van der Waals surface area contributed by atoms with Gasteiger partial charge in [0.1, 0.15) is 0 Å². The minimum absolute atomic E-state index is 0. The fourth-order valence-corrected chi connectivity index (χ4v) is 2.91. The molecule has 0 unspecified atom stereocenters. The van der Waals surface area contributed by atoms with Gasteiger partial charge in [-0.05, 0) is 36.8 Å². The van der Waals surface area contributed by atoms with Crippen molar-refractivity contribution in [3.8, 4) is 0 Å². The van der Waals surface area contributed by atoms with Crippen molar-refractivity contribution in [1.29, 1.82) is 0 Å². The van der Waals surface area contributed by atoms with Crippen LogP contribution in [0.15, 0.2) is 48.5 Å². The lowest BCUT2D eigenvalue weighted by Gasteiger charge is -2.24. The van der Waals surface area contributed by atoms with E-state index in [-0.39, 0.29) is 32.3 Å². The van der Waals surface area contributed by atoms with Crippen molar-refractivity contribution in [3.05, 3.63) is 70.8 Å². The molecule has 0 atom stereocenters. The minimum atomic E-state index is -0.754. The number of carbonyl (C=O) groups is 1. The Labute approximate surface area is 172 Å². The maximum Gasteiger partial charge on any atom is 0.304 e. The van der Waals surface area contributed by atoms with Crippen molar-refractivity contribution in [2.45, 2.75) is 65.2 Å². The Kier molecular flexibility index (Phi) is 10.2. The van der Waals surface area contributed by atoms with Gasteiger partial charge in [0, 0.05) is 20.4 Å². The van der Waals surface area contributed by atoms with E-state index in [4.69, 9.17) is 10.2 Å².